The Bertz CT molecular complexity index is 683. The summed E-state index contributed by atoms with van der Waals surface area (Å²) in [6.45, 7) is 4.18. The Morgan fingerprint density at radius 2 is 1.36 bits per heavy atom. The van der Waals surface area contributed by atoms with E-state index in [1.165, 1.54) is 6.92 Å². The summed E-state index contributed by atoms with van der Waals surface area (Å²) in [5.74, 6) is -0.0266. The Labute approximate surface area is 194 Å². The second-order valence-electron chi connectivity index (χ2n) is 8.68. The zero-order valence-corrected chi connectivity index (χ0v) is 19.3. The number of amides is 2. The first-order valence-electron chi connectivity index (χ1n) is 11.6. The smallest absolute Gasteiger partial charge is 0.410 e. The topological polar surface area (TPSA) is 129 Å². The lowest BCUT2D eigenvalue weighted by Gasteiger charge is -2.35. The first kappa shape index (κ1) is 26.5. The fourth-order valence-corrected chi connectivity index (χ4v) is 4.66. The van der Waals surface area contributed by atoms with Gasteiger partial charge in [-0.1, -0.05) is 32.3 Å². The standard InChI is InChI=1S/C23H36N2O8/c1-3-21(27)30-10-11-31-22(28)24-19-8-4-6-17(13-19)12-18-7-5-9-20(14-18)25-23(29)33-15-32-16(2)26/h3,17-20H,1,4-15H2,2H3,(H,24,28)(H,25,29). The van der Waals surface area contributed by atoms with Crippen LogP contribution in [-0.4, -0.2) is 56.2 Å². The van der Waals surface area contributed by atoms with Crippen molar-refractivity contribution >= 4 is 24.1 Å². The number of alkyl carbamates (subject to hydrolysis) is 2. The molecule has 0 aromatic rings. The fourth-order valence-electron chi connectivity index (χ4n) is 4.66. The minimum Gasteiger partial charge on any atom is -0.459 e. The lowest BCUT2D eigenvalue weighted by atomic mass is 9.75. The predicted molar refractivity (Wildman–Crippen MR) is 118 cm³/mol. The van der Waals surface area contributed by atoms with Crippen molar-refractivity contribution in [1.82, 2.24) is 10.6 Å². The average Bonchev–Trinajstić information content (AvgIpc) is 2.76. The molecule has 4 atom stereocenters. The van der Waals surface area contributed by atoms with E-state index in [-0.39, 0.29) is 32.1 Å². The quantitative estimate of drug-likeness (QED) is 0.164. The van der Waals surface area contributed by atoms with Crippen LogP contribution in [-0.2, 0) is 28.5 Å². The van der Waals surface area contributed by atoms with Crippen LogP contribution in [0.15, 0.2) is 12.7 Å². The molecule has 0 saturated heterocycles. The van der Waals surface area contributed by atoms with Crippen molar-refractivity contribution in [2.75, 3.05) is 20.0 Å². The molecule has 186 valence electrons. The molecule has 0 heterocycles. The van der Waals surface area contributed by atoms with Gasteiger partial charge >= 0.3 is 24.1 Å². The third-order valence-corrected chi connectivity index (χ3v) is 6.06. The van der Waals surface area contributed by atoms with E-state index in [4.69, 9.17) is 14.2 Å². The molecule has 2 saturated carbocycles. The number of rotatable bonds is 10. The Hall–Kier alpha value is -2.78. The second kappa shape index (κ2) is 14.4. The van der Waals surface area contributed by atoms with Crippen LogP contribution in [0.3, 0.4) is 0 Å². The molecule has 0 aromatic heterocycles. The lowest BCUT2D eigenvalue weighted by molar-refractivity contribution is -0.149. The van der Waals surface area contributed by atoms with Crippen molar-refractivity contribution in [2.24, 2.45) is 11.8 Å². The Balaban J connectivity index is 1.66. The minimum absolute atomic E-state index is 0.000256. The van der Waals surface area contributed by atoms with Gasteiger partial charge in [0, 0.05) is 25.1 Å². The third kappa shape index (κ3) is 11.1. The molecule has 0 radical (unpaired) electrons. The van der Waals surface area contributed by atoms with Gasteiger partial charge in [-0.3, -0.25) is 4.79 Å². The molecular weight excluding hydrogens is 432 g/mol. The van der Waals surface area contributed by atoms with Gasteiger partial charge < -0.3 is 29.6 Å². The van der Waals surface area contributed by atoms with Crippen molar-refractivity contribution in [3.63, 3.8) is 0 Å². The number of hydrogen-bond donors (Lipinski definition) is 2. The summed E-state index contributed by atoms with van der Waals surface area (Å²) < 4.78 is 19.3. The van der Waals surface area contributed by atoms with Gasteiger partial charge in [-0.05, 0) is 43.9 Å². The molecule has 2 amide bonds. The molecule has 2 N–H and O–H groups in total. The zero-order chi connectivity index (χ0) is 24.1. The van der Waals surface area contributed by atoms with Gasteiger partial charge in [0.25, 0.3) is 0 Å². The van der Waals surface area contributed by atoms with Gasteiger partial charge in [-0.2, -0.15) is 0 Å². The highest BCUT2D eigenvalue weighted by Gasteiger charge is 2.29. The first-order chi connectivity index (χ1) is 15.9. The molecule has 0 aliphatic heterocycles. The molecule has 2 aliphatic rings. The summed E-state index contributed by atoms with van der Waals surface area (Å²) in [6.07, 6.45) is 9.01. The van der Waals surface area contributed by atoms with Gasteiger partial charge in [-0.25, -0.2) is 14.4 Å². The van der Waals surface area contributed by atoms with Crippen molar-refractivity contribution in [3.8, 4) is 0 Å². The minimum atomic E-state index is -0.568. The molecule has 4 unspecified atom stereocenters. The maximum Gasteiger partial charge on any atom is 0.410 e. The third-order valence-electron chi connectivity index (χ3n) is 6.06. The normalized spacial score (nSPS) is 24.6. The van der Waals surface area contributed by atoms with Gasteiger partial charge in [0.15, 0.2) is 0 Å². The monoisotopic (exact) mass is 468 g/mol. The molecule has 10 nitrogen and oxygen atoms in total. The maximum atomic E-state index is 12.0. The van der Waals surface area contributed by atoms with E-state index in [1.54, 1.807) is 0 Å². The van der Waals surface area contributed by atoms with Gasteiger partial charge in [-0.15, -0.1) is 0 Å². The largest absolute Gasteiger partial charge is 0.459 e. The van der Waals surface area contributed by atoms with Crippen LogP contribution in [0.2, 0.25) is 0 Å². The highest BCUT2D eigenvalue weighted by Crippen LogP contribution is 2.35. The van der Waals surface area contributed by atoms with Crippen LogP contribution >= 0.6 is 0 Å². The van der Waals surface area contributed by atoms with Crippen LogP contribution in [0, 0.1) is 11.8 Å². The number of nitrogens with one attached hydrogen (secondary N) is 2. The summed E-state index contributed by atoms with van der Waals surface area (Å²) in [4.78, 5) is 45.6. The van der Waals surface area contributed by atoms with Crippen LogP contribution in [0.4, 0.5) is 9.59 Å². The zero-order valence-electron chi connectivity index (χ0n) is 19.3. The molecule has 2 aliphatic carbocycles. The van der Waals surface area contributed by atoms with Crippen molar-refractivity contribution in [3.05, 3.63) is 12.7 Å². The molecule has 0 aromatic carbocycles. The molecule has 0 spiro atoms. The highest BCUT2D eigenvalue weighted by atomic mass is 16.7. The van der Waals surface area contributed by atoms with Crippen molar-refractivity contribution in [2.45, 2.75) is 76.8 Å². The summed E-state index contributed by atoms with van der Waals surface area (Å²) in [5.41, 5.74) is 0. The Morgan fingerprint density at radius 1 is 0.818 bits per heavy atom. The van der Waals surface area contributed by atoms with E-state index in [0.29, 0.717) is 11.8 Å². The molecule has 33 heavy (non-hydrogen) atoms. The first-order valence-corrected chi connectivity index (χ1v) is 11.6. The summed E-state index contributed by atoms with van der Waals surface area (Å²) in [6, 6.07) is 0.122. The highest BCUT2D eigenvalue weighted by molar-refractivity contribution is 5.81. The van der Waals surface area contributed by atoms with Crippen molar-refractivity contribution < 1.29 is 38.1 Å². The van der Waals surface area contributed by atoms with Crippen LogP contribution < -0.4 is 10.6 Å². The van der Waals surface area contributed by atoms with Gasteiger partial charge in [0.05, 0.1) is 0 Å². The number of hydrogen-bond acceptors (Lipinski definition) is 8. The van der Waals surface area contributed by atoms with E-state index in [0.717, 1.165) is 63.9 Å². The van der Waals surface area contributed by atoms with E-state index in [2.05, 4.69) is 21.9 Å². The van der Waals surface area contributed by atoms with E-state index in [1.807, 2.05) is 0 Å². The molecule has 2 fully saturated rings. The summed E-state index contributed by atoms with van der Waals surface area (Å²) >= 11 is 0. The van der Waals surface area contributed by atoms with E-state index >= 15 is 0 Å². The van der Waals surface area contributed by atoms with Crippen LogP contribution in [0.1, 0.15) is 64.7 Å². The molecule has 0 bridgehead atoms. The van der Waals surface area contributed by atoms with E-state index in [9.17, 15) is 19.2 Å². The van der Waals surface area contributed by atoms with Gasteiger partial charge in [0.1, 0.15) is 13.2 Å². The van der Waals surface area contributed by atoms with Gasteiger partial charge in [0.2, 0.25) is 6.79 Å². The Kier molecular flexibility index (Phi) is 11.5. The van der Waals surface area contributed by atoms with E-state index < -0.39 is 24.1 Å². The number of ether oxygens (including phenoxy) is 4. The number of esters is 2. The molecular formula is C23H36N2O8. The summed E-state index contributed by atoms with van der Waals surface area (Å²) in [5, 5.41) is 5.79. The maximum absolute atomic E-state index is 12.0. The van der Waals surface area contributed by atoms with Crippen LogP contribution in [0.25, 0.3) is 0 Å². The SMILES string of the molecule is C=CC(=O)OCCOC(=O)NC1CCCC(CC2CCCC(NC(=O)OCOC(C)=O)C2)C1. The number of carbonyl (C=O) groups excluding carboxylic acids is 4. The average molecular weight is 469 g/mol. The lowest BCUT2D eigenvalue weighted by Crippen LogP contribution is -2.41. The second-order valence-corrected chi connectivity index (χ2v) is 8.68. The van der Waals surface area contributed by atoms with Crippen LogP contribution in [0.5, 0.6) is 0 Å². The molecule has 2 rings (SSSR count). The Morgan fingerprint density at radius 3 is 1.91 bits per heavy atom. The van der Waals surface area contributed by atoms with Crippen molar-refractivity contribution in [1.29, 1.82) is 0 Å². The fraction of sp³-hybridized carbons (Fsp3) is 0.739. The predicted octanol–water partition coefficient (Wildman–Crippen LogP) is 3.20. The number of carbonyl (C=O) groups is 4. The molecule has 10 heteroatoms. The summed E-state index contributed by atoms with van der Waals surface area (Å²) in [7, 11) is 0.